The second-order valence-corrected chi connectivity index (χ2v) is 4.38. The highest BCUT2D eigenvalue weighted by atomic mass is 14.8. The van der Waals surface area contributed by atoms with E-state index < -0.39 is 0 Å². The lowest BCUT2D eigenvalue weighted by molar-refractivity contribution is -0.0128. The van der Waals surface area contributed by atoms with Gasteiger partial charge in [-0.15, -0.1) is 0 Å². The topological polar surface area (TPSA) is 26.0 Å². The molecule has 0 radical (unpaired) electrons. The second-order valence-electron chi connectivity index (χ2n) is 4.38. The number of nitrogens with two attached hydrogens (primary N) is 1. The van der Waals surface area contributed by atoms with Gasteiger partial charge in [0.05, 0.1) is 0 Å². The molecule has 0 aliphatic heterocycles. The third-order valence-corrected chi connectivity index (χ3v) is 3.01. The summed E-state index contributed by atoms with van der Waals surface area (Å²) in [6.07, 6.45) is 6.65. The van der Waals surface area contributed by atoms with Crippen LogP contribution in [0.25, 0.3) is 0 Å². The van der Waals surface area contributed by atoms with Crippen LogP contribution in [0.1, 0.15) is 39.0 Å². The summed E-state index contributed by atoms with van der Waals surface area (Å²) in [7, 11) is 0. The van der Waals surface area contributed by atoms with E-state index in [1.807, 2.05) is 0 Å². The molecule has 2 bridgehead atoms. The Labute approximate surface area is 56.6 Å². The Kier molecular flexibility index (Phi) is 0.852. The lowest BCUT2D eigenvalue weighted by Crippen LogP contribution is -2.59. The predicted molar refractivity (Wildman–Crippen MR) is 38.1 cm³/mol. The molecule has 0 amide bonds. The van der Waals surface area contributed by atoms with E-state index in [0.717, 1.165) is 0 Å². The van der Waals surface area contributed by atoms with Crippen molar-refractivity contribution in [3.05, 3.63) is 0 Å². The molecule has 3 aliphatic rings. The average molecular weight is 125 g/mol. The van der Waals surface area contributed by atoms with Crippen molar-refractivity contribution < 1.29 is 0 Å². The van der Waals surface area contributed by atoms with Crippen LogP contribution < -0.4 is 5.73 Å². The number of hydrogen-bond acceptors (Lipinski definition) is 1. The van der Waals surface area contributed by atoms with E-state index in [0.29, 0.717) is 5.41 Å². The maximum atomic E-state index is 6.03. The first-order valence-corrected chi connectivity index (χ1v) is 3.91. The van der Waals surface area contributed by atoms with Crippen molar-refractivity contribution in [3.63, 3.8) is 0 Å². The maximum Gasteiger partial charge on any atom is 0.0164 e. The van der Waals surface area contributed by atoms with Gasteiger partial charge < -0.3 is 5.73 Å². The van der Waals surface area contributed by atoms with Crippen LogP contribution in [0.2, 0.25) is 0 Å². The molecular formula is C8H15N. The molecule has 3 saturated carbocycles. The molecule has 1 nitrogen and oxygen atoms in total. The van der Waals surface area contributed by atoms with Crippen LogP contribution in [0.15, 0.2) is 0 Å². The van der Waals surface area contributed by atoms with Crippen molar-refractivity contribution in [3.8, 4) is 0 Å². The van der Waals surface area contributed by atoms with Crippen LogP contribution in [0.3, 0.4) is 0 Å². The SMILES string of the molecule is CC12CCCC(N)(C1)C2. The summed E-state index contributed by atoms with van der Waals surface area (Å²) in [5.41, 5.74) is 6.97. The molecule has 0 aromatic rings. The van der Waals surface area contributed by atoms with Crippen molar-refractivity contribution in [2.75, 3.05) is 0 Å². The first kappa shape index (κ1) is 5.72. The van der Waals surface area contributed by atoms with Crippen LogP contribution in [0.5, 0.6) is 0 Å². The lowest BCUT2D eigenvalue weighted by atomic mass is 9.51. The van der Waals surface area contributed by atoms with Crippen molar-refractivity contribution in [2.45, 2.75) is 44.6 Å². The molecule has 0 aromatic carbocycles. The quantitative estimate of drug-likeness (QED) is 0.523. The summed E-state index contributed by atoms with van der Waals surface area (Å²) in [4.78, 5) is 0. The van der Waals surface area contributed by atoms with Crippen LogP contribution >= 0.6 is 0 Å². The fourth-order valence-electron chi connectivity index (χ4n) is 2.87. The molecule has 52 valence electrons. The van der Waals surface area contributed by atoms with E-state index >= 15 is 0 Å². The molecule has 1 heteroatoms. The highest BCUT2D eigenvalue weighted by molar-refractivity contribution is 5.08. The molecular weight excluding hydrogens is 110 g/mol. The molecule has 0 aromatic heterocycles. The van der Waals surface area contributed by atoms with Gasteiger partial charge in [0.1, 0.15) is 0 Å². The van der Waals surface area contributed by atoms with Gasteiger partial charge in [-0.2, -0.15) is 0 Å². The Morgan fingerprint density at radius 1 is 1.22 bits per heavy atom. The minimum Gasteiger partial charge on any atom is -0.325 e. The fourth-order valence-corrected chi connectivity index (χ4v) is 2.87. The molecule has 2 N–H and O–H groups in total. The van der Waals surface area contributed by atoms with Gasteiger partial charge in [-0.1, -0.05) is 13.3 Å². The van der Waals surface area contributed by atoms with Gasteiger partial charge in [0.15, 0.2) is 0 Å². The zero-order chi connectivity index (χ0) is 6.54. The Bertz CT molecular complexity index is 120. The molecule has 9 heavy (non-hydrogen) atoms. The highest BCUT2D eigenvalue weighted by Crippen LogP contribution is 2.56. The third-order valence-electron chi connectivity index (χ3n) is 3.01. The monoisotopic (exact) mass is 125 g/mol. The normalized spacial score (nSPS) is 56.7. The number of rotatable bonds is 0. The summed E-state index contributed by atoms with van der Waals surface area (Å²) < 4.78 is 0. The van der Waals surface area contributed by atoms with Crippen molar-refractivity contribution >= 4 is 0 Å². The van der Waals surface area contributed by atoms with Gasteiger partial charge >= 0.3 is 0 Å². The van der Waals surface area contributed by atoms with Crippen LogP contribution in [0, 0.1) is 5.41 Å². The van der Waals surface area contributed by atoms with Crippen molar-refractivity contribution in [1.29, 1.82) is 0 Å². The lowest BCUT2D eigenvalue weighted by Gasteiger charge is -2.57. The van der Waals surface area contributed by atoms with E-state index in [9.17, 15) is 0 Å². The van der Waals surface area contributed by atoms with Crippen LogP contribution in [-0.4, -0.2) is 5.54 Å². The Morgan fingerprint density at radius 3 is 2.22 bits per heavy atom. The summed E-state index contributed by atoms with van der Waals surface area (Å²) in [5, 5.41) is 0. The molecule has 3 rings (SSSR count). The van der Waals surface area contributed by atoms with Crippen molar-refractivity contribution in [1.82, 2.24) is 0 Å². The standard InChI is InChI=1S/C8H15N/c1-7-3-2-4-8(9,5-7)6-7/h2-6,9H2,1H3. The highest BCUT2D eigenvalue weighted by Gasteiger charge is 2.51. The maximum absolute atomic E-state index is 6.03. The minimum absolute atomic E-state index is 0.285. The summed E-state index contributed by atoms with van der Waals surface area (Å²) >= 11 is 0. The van der Waals surface area contributed by atoms with Crippen LogP contribution in [-0.2, 0) is 0 Å². The summed E-state index contributed by atoms with van der Waals surface area (Å²) in [5.74, 6) is 0. The molecule has 0 heterocycles. The smallest absolute Gasteiger partial charge is 0.0164 e. The zero-order valence-electron chi connectivity index (χ0n) is 6.11. The van der Waals surface area contributed by atoms with Gasteiger partial charge in [0, 0.05) is 5.54 Å². The zero-order valence-corrected chi connectivity index (χ0v) is 6.11. The first-order valence-electron chi connectivity index (χ1n) is 3.91. The van der Waals surface area contributed by atoms with E-state index in [-0.39, 0.29) is 5.54 Å². The molecule has 0 saturated heterocycles. The molecule has 0 atom stereocenters. The van der Waals surface area contributed by atoms with E-state index in [2.05, 4.69) is 6.92 Å². The van der Waals surface area contributed by atoms with E-state index in [1.54, 1.807) is 0 Å². The first-order chi connectivity index (χ1) is 4.12. The van der Waals surface area contributed by atoms with Gasteiger partial charge in [0.2, 0.25) is 0 Å². The largest absolute Gasteiger partial charge is 0.325 e. The predicted octanol–water partition coefficient (Wildman–Crippen LogP) is 1.67. The number of fused-ring (bicyclic) bond motifs is 2. The number of hydrogen-bond donors (Lipinski definition) is 1. The van der Waals surface area contributed by atoms with Gasteiger partial charge in [-0.05, 0) is 31.1 Å². The summed E-state index contributed by atoms with van der Waals surface area (Å²) in [6, 6.07) is 0. The Morgan fingerprint density at radius 2 is 1.89 bits per heavy atom. The Hall–Kier alpha value is -0.0400. The summed E-state index contributed by atoms with van der Waals surface area (Å²) in [6.45, 7) is 2.37. The van der Waals surface area contributed by atoms with Gasteiger partial charge in [-0.25, -0.2) is 0 Å². The van der Waals surface area contributed by atoms with E-state index in [1.165, 1.54) is 32.1 Å². The third kappa shape index (κ3) is 0.710. The van der Waals surface area contributed by atoms with Crippen molar-refractivity contribution in [2.24, 2.45) is 11.1 Å². The van der Waals surface area contributed by atoms with Gasteiger partial charge in [0.25, 0.3) is 0 Å². The fraction of sp³-hybridized carbons (Fsp3) is 1.00. The molecule has 3 aliphatic carbocycles. The second kappa shape index (κ2) is 1.34. The molecule has 0 spiro atoms. The molecule has 3 fully saturated rings. The Balaban J connectivity index is 2.12. The van der Waals surface area contributed by atoms with Gasteiger partial charge in [-0.3, -0.25) is 0 Å². The van der Waals surface area contributed by atoms with Crippen LogP contribution in [0.4, 0.5) is 0 Å². The minimum atomic E-state index is 0.285. The molecule has 0 unspecified atom stereocenters. The van der Waals surface area contributed by atoms with E-state index in [4.69, 9.17) is 5.73 Å². The average Bonchev–Trinajstić information content (AvgIpc) is 1.59.